The largest absolute Gasteiger partial charge is 0.497 e. The molecule has 0 aliphatic rings. The van der Waals surface area contributed by atoms with Crippen molar-refractivity contribution in [3.05, 3.63) is 29.1 Å². The lowest BCUT2D eigenvalue weighted by Gasteiger charge is -2.03. The third kappa shape index (κ3) is 5.75. The Kier molecular flexibility index (Phi) is 6.76. The second kappa shape index (κ2) is 9.03. The lowest BCUT2D eigenvalue weighted by Crippen LogP contribution is -2.30. The number of hydrogen-bond acceptors (Lipinski definition) is 5. The highest BCUT2D eigenvalue weighted by Crippen LogP contribution is 2.31. The van der Waals surface area contributed by atoms with Crippen LogP contribution in [0.15, 0.2) is 24.3 Å². The van der Waals surface area contributed by atoms with Crippen molar-refractivity contribution in [1.29, 1.82) is 0 Å². The van der Waals surface area contributed by atoms with E-state index in [1.165, 1.54) is 11.3 Å². The van der Waals surface area contributed by atoms with Crippen molar-refractivity contribution in [2.75, 3.05) is 19.0 Å². The summed E-state index contributed by atoms with van der Waals surface area (Å²) in [7, 11) is 1.63. The van der Waals surface area contributed by atoms with Crippen molar-refractivity contribution in [2.24, 2.45) is 5.73 Å². The fourth-order valence-electron chi connectivity index (χ4n) is 2.27. The lowest BCUT2D eigenvalue weighted by molar-refractivity contribution is -0.116. The Labute approximate surface area is 150 Å². The summed E-state index contributed by atoms with van der Waals surface area (Å²) >= 11 is 1.45. The molecule has 0 spiro atoms. The molecule has 7 nitrogen and oxygen atoms in total. The van der Waals surface area contributed by atoms with Crippen LogP contribution in [0.25, 0.3) is 11.3 Å². The first-order valence-corrected chi connectivity index (χ1v) is 8.76. The number of carbonyl (C=O) groups is 2. The van der Waals surface area contributed by atoms with Gasteiger partial charge in [-0.15, -0.1) is 11.3 Å². The number of benzene rings is 1. The van der Waals surface area contributed by atoms with Crippen LogP contribution in [-0.4, -0.2) is 30.6 Å². The van der Waals surface area contributed by atoms with Gasteiger partial charge in [0.25, 0.3) is 0 Å². The number of nitrogens with one attached hydrogen (secondary N) is 2. The first kappa shape index (κ1) is 18.7. The van der Waals surface area contributed by atoms with Gasteiger partial charge in [0, 0.05) is 23.4 Å². The molecule has 0 aliphatic carbocycles. The number of rotatable bonds is 8. The van der Waals surface area contributed by atoms with Crippen LogP contribution < -0.4 is 21.1 Å². The minimum Gasteiger partial charge on any atom is -0.497 e. The summed E-state index contributed by atoms with van der Waals surface area (Å²) in [6.45, 7) is 2.45. The van der Waals surface area contributed by atoms with Crippen molar-refractivity contribution in [3.8, 4) is 17.0 Å². The predicted octanol–water partition coefficient (Wildman–Crippen LogP) is 2.90. The highest BCUT2D eigenvalue weighted by Gasteiger charge is 2.12. The molecule has 8 heteroatoms. The van der Waals surface area contributed by atoms with Crippen LogP contribution in [0, 0.1) is 6.92 Å². The van der Waals surface area contributed by atoms with Gasteiger partial charge in [-0.25, -0.2) is 9.78 Å². The monoisotopic (exact) mass is 362 g/mol. The van der Waals surface area contributed by atoms with Crippen molar-refractivity contribution in [1.82, 2.24) is 10.3 Å². The van der Waals surface area contributed by atoms with E-state index in [0.29, 0.717) is 30.9 Å². The number of methoxy groups -OCH3 is 1. The van der Waals surface area contributed by atoms with Crippen LogP contribution in [0.4, 0.5) is 9.93 Å². The van der Waals surface area contributed by atoms with Crippen LogP contribution in [-0.2, 0) is 4.79 Å². The summed E-state index contributed by atoms with van der Waals surface area (Å²) in [5, 5.41) is 5.91. The number of aromatic nitrogens is 1. The first-order valence-electron chi connectivity index (χ1n) is 7.94. The number of aryl methyl sites for hydroxylation is 1. The smallest absolute Gasteiger partial charge is 0.312 e. The van der Waals surface area contributed by atoms with Crippen molar-refractivity contribution >= 4 is 28.4 Å². The molecule has 2 rings (SSSR count). The minimum absolute atomic E-state index is 0.0888. The molecule has 0 atom stereocenters. The molecule has 0 fully saturated rings. The highest BCUT2D eigenvalue weighted by atomic mass is 32.1. The molecule has 4 N–H and O–H groups in total. The number of hydrogen-bond donors (Lipinski definition) is 3. The zero-order chi connectivity index (χ0) is 18.2. The van der Waals surface area contributed by atoms with E-state index in [9.17, 15) is 9.59 Å². The Hall–Kier alpha value is -2.61. The number of amides is 3. The molecule has 0 unspecified atom stereocenters. The van der Waals surface area contributed by atoms with E-state index < -0.39 is 6.03 Å². The fourth-order valence-corrected chi connectivity index (χ4v) is 3.12. The van der Waals surface area contributed by atoms with Crippen LogP contribution in [0.1, 0.15) is 24.1 Å². The molecule has 3 amide bonds. The molecule has 1 aromatic heterocycles. The third-order valence-corrected chi connectivity index (χ3v) is 4.42. The Morgan fingerprint density at radius 2 is 1.96 bits per heavy atom. The Balaban J connectivity index is 1.88. The number of unbranched alkanes of at least 4 members (excludes halogenated alkanes) is 1. The molecule has 0 radical (unpaired) electrons. The van der Waals surface area contributed by atoms with E-state index >= 15 is 0 Å². The second-order valence-corrected chi connectivity index (χ2v) is 6.65. The van der Waals surface area contributed by atoms with Gasteiger partial charge in [-0.05, 0) is 44.0 Å². The van der Waals surface area contributed by atoms with E-state index in [1.54, 1.807) is 7.11 Å². The number of carbonyl (C=O) groups excluding carboxylic acids is 2. The highest BCUT2D eigenvalue weighted by molar-refractivity contribution is 7.16. The standard InChI is InChI=1S/C17H22N4O3S/c1-11-15(12-6-8-13(24-2)9-7-12)21-17(25-11)20-14(22)5-3-4-10-19-16(18)23/h6-9H,3-5,10H2,1-2H3,(H3,18,19,23)(H,20,21,22). The number of anilines is 1. The van der Waals surface area contributed by atoms with E-state index in [4.69, 9.17) is 10.5 Å². The molecule has 134 valence electrons. The van der Waals surface area contributed by atoms with E-state index in [1.807, 2.05) is 31.2 Å². The van der Waals surface area contributed by atoms with E-state index in [2.05, 4.69) is 15.6 Å². The van der Waals surface area contributed by atoms with E-state index in [0.717, 1.165) is 21.9 Å². The first-order chi connectivity index (χ1) is 12.0. The molecular weight excluding hydrogens is 340 g/mol. The second-order valence-electron chi connectivity index (χ2n) is 5.45. The molecule has 2 aromatic rings. The third-order valence-electron chi connectivity index (χ3n) is 3.54. The average molecular weight is 362 g/mol. The molecule has 0 aliphatic heterocycles. The Morgan fingerprint density at radius 3 is 2.60 bits per heavy atom. The van der Waals surface area contributed by atoms with Gasteiger partial charge < -0.3 is 21.1 Å². The van der Waals surface area contributed by atoms with Crippen molar-refractivity contribution in [2.45, 2.75) is 26.2 Å². The molecule has 1 aromatic carbocycles. The van der Waals surface area contributed by atoms with E-state index in [-0.39, 0.29) is 5.91 Å². The van der Waals surface area contributed by atoms with Crippen molar-refractivity contribution in [3.63, 3.8) is 0 Å². The fraction of sp³-hybridized carbons (Fsp3) is 0.353. The molecular formula is C17H22N4O3S. The number of nitrogens with zero attached hydrogens (tertiary/aromatic N) is 1. The Bertz CT molecular complexity index is 728. The summed E-state index contributed by atoms with van der Waals surface area (Å²) in [4.78, 5) is 28.1. The average Bonchev–Trinajstić information content (AvgIpc) is 2.94. The van der Waals surface area contributed by atoms with Gasteiger partial charge >= 0.3 is 6.03 Å². The molecule has 0 saturated heterocycles. The Morgan fingerprint density at radius 1 is 1.24 bits per heavy atom. The number of thiazole rings is 1. The minimum atomic E-state index is -0.547. The van der Waals surface area contributed by atoms with Crippen LogP contribution in [0.5, 0.6) is 5.75 Å². The summed E-state index contributed by atoms with van der Waals surface area (Å²) < 4.78 is 5.16. The van der Waals surface area contributed by atoms with Gasteiger partial charge in [0.15, 0.2) is 5.13 Å². The normalized spacial score (nSPS) is 10.3. The quantitative estimate of drug-likeness (QED) is 0.628. The SMILES string of the molecule is COc1ccc(-c2nc(NC(=O)CCCCNC(N)=O)sc2C)cc1. The van der Waals surface area contributed by atoms with Crippen LogP contribution in [0.2, 0.25) is 0 Å². The lowest BCUT2D eigenvalue weighted by atomic mass is 10.1. The number of primary amides is 1. The molecule has 1 heterocycles. The zero-order valence-corrected chi connectivity index (χ0v) is 15.1. The predicted molar refractivity (Wildman–Crippen MR) is 98.9 cm³/mol. The maximum absolute atomic E-state index is 12.0. The molecule has 0 saturated carbocycles. The van der Waals surface area contributed by atoms with Gasteiger partial charge in [-0.3, -0.25) is 4.79 Å². The summed E-state index contributed by atoms with van der Waals surface area (Å²) in [5.74, 6) is 0.699. The van der Waals surface area contributed by atoms with Gasteiger partial charge in [0.1, 0.15) is 5.75 Å². The van der Waals surface area contributed by atoms with Gasteiger partial charge in [-0.2, -0.15) is 0 Å². The van der Waals surface area contributed by atoms with Crippen molar-refractivity contribution < 1.29 is 14.3 Å². The molecule has 25 heavy (non-hydrogen) atoms. The number of ether oxygens (including phenoxy) is 1. The van der Waals surface area contributed by atoms with Gasteiger partial charge in [-0.1, -0.05) is 0 Å². The maximum Gasteiger partial charge on any atom is 0.312 e. The molecule has 0 bridgehead atoms. The summed E-state index contributed by atoms with van der Waals surface area (Å²) in [6, 6.07) is 7.10. The summed E-state index contributed by atoms with van der Waals surface area (Å²) in [5.41, 5.74) is 6.81. The maximum atomic E-state index is 12.0. The number of urea groups is 1. The van der Waals surface area contributed by atoms with Crippen LogP contribution in [0.3, 0.4) is 0 Å². The number of nitrogens with two attached hydrogens (primary N) is 1. The van der Waals surface area contributed by atoms with Gasteiger partial charge in [0.2, 0.25) is 5.91 Å². The van der Waals surface area contributed by atoms with Crippen LogP contribution >= 0.6 is 11.3 Å². The zero-order valence-electron chi connectivity index (χ0n) is 14.3. The summed E-state index contributed by atoms with van der Waals surface area (Å²) in [6.07, 6.45) is 1.74. The topological polar surface area (TPSA) is 106 Å². The van der Waals surface area contributed by atoms with Gasteiger partial charge in [0.05, 0.1) is 12.8 Å².